The van der Waals surface area contributed by atoms with Crippen LogP contribution in [0.15, 0.2) is 24.3 Å². The molecule has 0 bridgehead atoms. The van der Waals surface area contributed by atoms with Gasteiger partial charge in [0, 0.05) is 20.1 Å². The second kappa shape index (κ2) is 5.39. The molecule has 0 unspecified atom stereocenters. The number of rotatable bonds is 4. The molecule has 0 aromatic heterocycles. The van der Waals surface area contributed by atoms with Crippen molar-refractivity contribution in [2.45, 2.75) is 5.88 Å². The Morgan fingerprint density at radius 2 is 1.69 bits per heavy atom. The van der Waals surface area contributed by atoms with Crippen molar-refractivity contribution in [3.05, 3.63) is 29.8 Å². The van der Waals surface area contributed by atoms with E-state index in [0.29, 0.717) is 5.88 Å². The molecule has 1 aromatic rings. The Labute approximate surface area is 85.3 Å². The van der Waals surface area contributed by atoms with E-state index in [1.54, 1.807) is 14.2 Å². The highest BCUT2D eigenvalue weighted by Crippen LogP contribution is 2.01. The van der Waals surface area contributed by atoms with Crippen molar-refractivity contribution in [3.8, 4) is 0 Å². The maximum atomic E-state index is 5.68. The summed E-state index contributed by atoms with van der Waals surface area (Å²) < 4.78 is 10.5. The predicted molar refractivity (Wildman–Crippen MR) is 56.8 cm³/mol. The zero-order chi connectivity index (χ0) is 9.68. The minimum Gasteiger partial charge on any atom is -0.397 e. The van der Waals surface area contributed by atoms with Gasteiger partial charge < -0.3 is 8.85 Å². The minimum absolute atomic E-state index is 0.548. The van der Waals surface area contributed by atoms with Crippen molar-refractivity contribution in [3.63, 3.8) is 0 Å². The van der Waals surface area contributed by atoms with Crippen molar-refractivity contribution >= 4 is 26.1 Å². The molecule has 0 aliphatic heterocycles. The van der Waals surface area contributed by atoms with Crippen LogP contribution in [0.3, 0.4) is 0 Å². The zero-order valence-electron chi connectivity index (χ0n) is 7.79. The summed E-state index contributed by atoms with van der Waals surface area (Å²) in [5.74, 6) is 0.548. The van der Waals surface area contributed by atoms with Gasteiger partial charge >= 0.3 is 9.28 Å². The maximum absolute atomic E-state index is 5.68. The molecule has 1 rings (SSSR count). The van der Waals surface area contributed by atoms with Crippen LogP contribution in [-0.2, 0) is 14.7 Å². The van der Waals surface area contributed by atoms with Crippen molar-refractivity contribution in [2.24, 2.45) is 0 Å². The summed E-state index contributed by atoms with van der Waals surface area (Å²) in [7, 11) is 1.73. The van der Waals surface area contributed by atoms with E-state index in [2.05, 4.69) is 0 Å². The summed E-state index contributed by atoms with van der Waals surface area (Å²) in [4.78, 5) is 0. The third-order valence-corrected chi connectivity index (χ3v) is 3.93. The van der Waals surface area contributed by atoms with Crippen LogP contribution < -0.4 is 5.19 Å². The third-order valence-electron chi connectivity index (χ3n) is 1.83. The molecule has 2 nitrogen and oxygen atoms in total. The minimum atomic E-state index is -1.63. The lowest BCUT2D eigenvalue weighted by Crippen LogP contribution is -2.34. The van der Waals surface area contributed by atoms with Crippen LogP contribution in [0, 0.1) is 0 Å². The lowest BCUT2D eigenvalue weighted by Gasteiger charge is -2.10. The van der Waals surface area contributed by atoms with Crippen molar-refractivity contribution in [1.82, 2.24) is 0 Å². The van der Waals surface area contributed by atoms with E-state index < -0.39 is 9.28 Å². The standard InChI is InChI=1S/C9H13ClO2Si/c1-11-13(12-2)9-5-3-8(7-10)4-6-9/h3-6,13H,7H2,1-2H3. The Balaban J connectivity index is 2.78. The van der Waals surface area contributed by atoms with Crippen LogP contribution in [0.1, 0.15) is 5.56 Å². The van der Waals surface area contributed by atoms with Gasteiger partial charge in [0.25, 0.3) is 0 Å². The largest absolute Gasteiger partial charge is 0.397 e. The Hall–Kier alpha value is -0.353. The molecule has 0 aliphatic rings. The van der Waals surface area contributed by atoms with Gasteiger partial charge in [-0.3, -0.25) is 0 Å². The number of benzene rings is 1. The van der Waals surface area contributed by atoms with Crippen molar-refractivity contribution in [1.29, 1.82) is 0 Å². The molecular weight excluding hydrogens is 204 g/mol. The van der Waals surface area contributed by atoms with Crippen molar-refractivity contribution < 1.29 is 8.85 Å². The van der Waals surface area contributed by atoms with Crippen LogP contribution in [0.5, 0.6) is 0 Å². The van der Waals surface area contributed by atoms with Gasteiger partial charge in [0.05, 0.1) is 0 Å². The first kappa shape index (κ1) is 10.7. The first-order valence-electron chi connectivity index (χ1n) is 4.02. The maximum Gasteiger partial charge on any atom is 0.355 e. The van der Waals surface area contributed by atoms with Crippen molar-refractivity contribution in [2.75, 3.05) is 14.2 Å². The van der Waals surface area contributed by atoms with E-state index in [1.165, 1.54) is 0 Å². The summed E-state index contributed by atoms with van der Waals surface area (Å²) >= 11 is 5.68. The van der Waals surface area contributed by atoms with Crippen LogP contribution in [0.4, 0.5) is 0 Å². The molecule has 0 saturated carbocycles. The van der Waals surface area contributed by atoms with Crippen LogP contribution in [0.2, 0.25) is 0 Å². The fraction of sp³-hybridized carbons (Fsp3) is 0.333. The van der Waals surface area contributed by atoms with Gasteiger partial charge in [-0.05, 0) is 10.8 Å². The molecule has 1 aromatic carbocycles. The van der Waals surface area contributed by atoms with E-state index in [1.807, 2.05) is 24.3 Å². The summed E-state index contributed by atoms with van der Waals surface area (Å²) in [6, 6.07) is 8.03. The predicted octanol–water partition coefficient (Wildman–Crippen LogP) is 1.15. The van der Waals surface area contributed by atoms with E-state index in [-0.39, 0.29) is 0 Å². The molecule has 0 amide bonds. The molecule has 0 saturated heterocycles. The molecule has 72 valence electrons. The second-order valence-corrected chi connectivity index (χ2v) is 5.22. The lowest BCUT2D eigenvalue weighted by atomic mass is 10.2. The third kappa shape index (κ3) is 2.81. The SMILES string of the molecule is CO[SiH](OC)c1ccc(CCl)cc1. The summed E-state index contributed by atoms with van der Waals surface area (Å²) in [6.45, 7) is 0. The monoisotopic (exact) mass is 216 g/mol. The quantitative estimate of drug-likeness (QED) is 0.555. The highest BCUT2D eigenvalue weighted by Gasteiger charge is 2.11. The lowest BCUT2D eigenvalue weighted by molar-refractivity contribution is 0.292. The molecule has 0 atom stereocenters. The Morgan fingerprint density at radius 3 is 2.08 bits per heavy atom. The Morgan fingerprint density at radius 1 is 1.15 bits per heavy atom. The number of alkyl halides is 1. The summed E-state index contributed by atoms with van der Waals surface area (Å²) in [5, 5.41) is 1.14. The first-order chi connectivity index (χ1) is 6.31. The molecule has 0 aliphatic carbocycles. The average molecular weight is 217 g/mol. The van der Waals surface area contributed by atoms with Crippen LogP contribution in [-0.4, -0.2) is 23.5 Å². The van der Waals surface area contributed by atoms with Gasteiger partial charge in [-0.2, -0.15) is 0 Å². The zero-order valence-corrected chi connectivity index (χ0v) is 9.70. The molecule has 4 heteroatoms. The number of hydrogen-bond donors (Lipinski definition) is 0. The normalized spacial score (nSPS) is 10.8. The van der Waals surface area contributed by atoms with Crippen LogP contribution in [0.25, 0.3) is 0 Å². The van der Waals surface area contributed by atoms with E-state index in [9.17, 15) is 0 Å². The number of halogens is 1. The molecule has 0 N–H and O–H groups in total. The van der Waals surface area contributed by atoms with Gasteiger partial charge in [-0.1, -0.05) is 24.3 Å². The molecule has 0 fully saturated rings. The Kier molecular flexibility index (Phi) is 4.45. The fourth-order valence-electron chi connectivity index (χ4n) is 1.13. The highest BCUT2D eigenvalue weighted by molar-refractivity contribution is 6.61. The first-order valence-corrected chi connectivity index (χ1v) is 6.07. The van der Waals surface area contributed by atoms with E-state index in [0.717, 1.165) is 10.8 Å². The highest BCUT2D eigenvalue weighted by atomic mass is 35.5. The smallest absolute Gasteiger partial charge is 0.355 e. The van der Waals surface area contributed by atoms with Crippen LogP contribution >= 0.6 is 11.6 Å². The summed E-state index contributed by atoms with van der Waals surface area (Å²) in [5.41, 5.74) is 1.12. The van der Waals surface area contributed by atoms with Gasteiger partial charge in [-0.15, -0.1) is 11.6 Å². The Bertz CT molecular complexity index is 246. The molecule has 0 heterocycles. The second-order valence-electron chi connectivity index (χ2n) is 2.68. The van der Waals surface area contributed by atoms with Gasteiger partial charge in [0.15, 0.2) is 0 Å². The topological polar surface area (TPSA) is 18.5 Å². The number of hydrogen-bond acceptors (Lipinski definition) is 2. The van der Waals surface area contributed by atoms with Gasteiger partial charge in [0.1, 0.15) is 0 Å². The molecule has 0 radical (unpaired) electrons. The van der Waals surface area contributed by atoms with E-state index in [4.69, 9.17) is 20.5 Å². The van der Waals surface area contributed by atoms with E-state index >= 15 is 0 Å². The molecular formula is C9H13ClO2Si. The molecule has 13 heavy (non-hydrogen) atoms. The summed E-state index contributed by atoms with van der Waals surface area (Å²) in [6.07, 6.45) is 0. The average Bonchev–Trinajstić information content (AvgIpc) is 2.21. The fourth-order valence-corrected chi connectivity index (χ4v) is 2.55. The van der Waals surface area contributed by atoms with Gasteiger partial charge in [0.2, 0.25) is 0 Å². The van der Waals surface area contributed by atoms with Gasteiger partial charge in [-0.25, -0.2) is 0 Å². The molecule has 0 spiro atoms.